The van der Waals surface area contributed by atoms with Crippen molar-refractivity contribution < 1.29 is 4.79 Å². The zero-order valence-electron chi connectivity index (χ0n) is 15.5. The predicted octanol–water partition coefficient (Wildman–Crippen LogP) is 2.09. The van der Waals surface area contributed by atoms with Crippen molar-refractivity contribution in [1.82, 2.24) is 34.4 Å². The SMILES string of the molecule is CC(=O)N1CCC(Nc2ncc3c(-c4ccc5ncnn5c4)c[nH]c3n2)CC1. The first-order valence-corrected chi connectivity index (χ1v) is 9.33. The molecule has 1 aliphatic heterocycles. The van der Waals surface area contributed by atoms with Gasteiger partial charge in [-0.15, -0.1) is 0 Å². The molecule has 0 bridgehead atoms. The van der Waals surface area contributed by atoms with Crippen LogP contribution in [0.2, 0.25) is 0 Å². The van der Waals surface area contributed by atoms with E-state index in [0.29, 0.717) is 5.95 Å². The lowest BCUT2D eigenvalue weighted by Gasteiger charge is -2.31. The Morgan fingerprint density at radius 2 is 2.11 bits per heavy atom. The van der Waals surface area contributed by atoms with Crippen molar-refractivity contribution >= 4 is 28.5 Å². The second-order valence-electron chi connectivity index (χ2n) is 7.06. The van der Waals surface area contributed by atoms with E-state index >= 15 is 0 Å². The van der Waals surface area contributed by atoms with Crippen LogP contribution in [0.15, 0.2) is 37.1 Å². The summed E-state index contributed by atoms with van der Waals surface area (Å²) in [7, 11) is 0. The number of pyridine rings is 1. The van der Waals surface area contributed by atoms with E-state index in [4.69, 9.17) is 0 Å². The molecule has 28 heavy (non-hydrogen) atoms. The van der Waals surface area contributed by atoms with Crippen LogP contribution < -0.4 is 5.32 Å². The Morgan fingerprint density at radius 1 is 1.25 bits per heavy atom. The van der Waals surface area contributed by atoms with E-state index in [0.717, 1.165) is 53.7 Å². The summed E-state index contributed by atoms with van der Waals surface area (Å²) < 4.78 is 1.75. The lowest BCUT2D eigenvalue weighted by molar-refractivity contribution is -0.129. The van der Waals surface area contributed by atoms with Crippen molar-refractivity contribution in [2.24, 2.45) is 0 Å². The molecule has 0 saturated carbocycles. The molecule has 1 saturated heterocycles. The molecule has 0 unspecified atom stereocenters. The normalized spacial score (nSPS) is 15.4. The van der Waals surface area contributed by atoms with Gasteiger partial charge in [0.2, 0.25) is 11.9 Å². The molecule has 0 aromatic carbocycles. The number of carbonyl (C=O) groups excluding carboxylic acids is 1. The molecule has 0 radical (unpaired) electrons. The van der Waals surface area contributed by atoms with Gasteiger partial charge in [0.1, 0.15) is 12.0 Å². The summed E-state index contributed by atoms with van der Waals surface area (Å²) in [5.74, 6) is 0.744. The van der Waals surface area contributed by atoms with E-state index in [-0.39, 0.29) is 11.9 Å². The molecule has 9 nitrogen and oxygen atoms in total. The standard InChI is InChI=1S/C19H20N8O/c1-12(28)26-6-4-14(5-7-26)24-19-21-9-16-15(8-20-18(16)25-19)13-2-3-17-22-11-23-27(17)10-13/h2-3,8-11,14H,4-7H2,1H3,(H2,20,21,24,25). The molecule has 1 aliphatic rings. The van der Waals surface area contributed by atoms with Crippen LogP contribution in [-0.2, 0) is 4.79 Å². The minimum Gasteiger partial charge on any atom is -0.351 e. The monoisotopic (exact) mass is 376 g/mol. The Kier molecular flexibility index (Phi) is 3.92. The number of likely N-dealkylation sites (tertiary alicyclic amines) is 1. The number of hydrogen-bond donors (Lipinski definition) is 2. The Bertz CT molecular complexity index is 1160. The summed E-state index contributed by atoms with van der Waals surface area (Å²) in [5.41, 5.74) is 3.63. The van der Waals surface area contributed by atoms with Crippen LogP contribution in [0.3, 0.4) is 0 Å². The third kappa shape index (κ3) is 2.94. The van der Waals surface area contributed by atoms with Crippen molar-refractivity contribution in [1.29, 1.82) is 0 Å². The summed E-state index contributed by atoms with van der Waals surface area (Å²) in [6, 6.07) is 4.23. The van der Waals surface area contributed by atoms with Crippen LogP contribution in [0.4, 0.5) is 5.95 Å². The fourth-order valence-electron chi connectivity index (χ4n) is 3.71. The fraction of sp³-hybridized carbons (Fsp3) is 0.316. The van der Waals surface area contributed by atoms with Gasteiger partial charge in [0.25, 0.3) is 0 Å². The van der Waals surface area contributed by atoms with Gasteiger partial charge in [-0.1, -0.05) is 0 Å². The largest absolute Gasteiger partial charge is 0.351 e. The molecule has 9 heteroatoms. The molecule has 0 spiro atoms. The molecule has 2 N–H and O–H groups in total. The molecular weight excluding hydrogens is 356 g/mol. The van der Waals surface area contributed by atoms with E-state index in [9.17, 15) is 4.79 Å². The zero-order valence-corrected chi connectivity index (χ0v) is 15.5. The third-order valence-corrected chi connectivity index (χ3v) is 5.29. The number of aromatic nitrogens is 6. The Morgan fingerprint density at radius 3 is 2.93 bits per heavy atom. The number of nitrogens with one attached hydrogen (secondary N) is 2. The highest BCUT2D eigenvalue weighted by Gasteiger charge is 2.21. The van der Waals surface area contributed by atoms with Crippen LogP contribution in [0, 0.1) is 0 Å². The van der Waals surface area contributed by atoms with Crippen molar-refractivity contribution in [3.63, 3.8) is 0 Å². The van der Waals surface area contributed by atoms with Gasteiger partial charge in [0, 0.05) is 61.2 Å². The van der Waals surface area contributed by atoms with Crippen LogP contribution in [0.5, 0.6) is 0 Å². The number of fused-ring (bicyclic) bond motifs is 2. The highest BCUT2D eigenvalue weighted by Crippen LogP contribution is 2.28. The summed E-state index contributed by atoms with van der Waals surface area (Å²) >= 11 is 0. The number of anilines is 1. The second kappa shape index (κ2) is 6.59. The lowest BCUT2D eigenvalue weighted by Crippen LogP contribution is -2.41. The molecule has 1 fully saturated rings. The van der Waals surface area contributed by atoms with Gasteiger partial charge in [-0.25, -0.2) is 14.5 Å². The Hall–Kier alpha value is -3.49. The van der Waals surface area contributed by atoms with E-state index in [1.807, 2.05) is 35.6 Å². The van der Waals surface area contributed by atoms with E-state index in [2.05, 4.69) is 30.4 Å². The minimum atomic E-state index is 0.138. The first kappa shape index (κ1) is 16.7. The summed E-state index contributed by atoms with van der Waals surface area (Å²) in [4.78, 5) is 29.9. The molecule has 5 heterocycles. The number of nitrogens with zero attached hydrogens (tertiary/aromatic N) is 6. The van der Waals surface area contributed by atoms with Gasteiger partial charge in [0.15, 0.2) is 5.65 Å². The maximum Gasteiger partial charge on any atom is 0.224 e. The van der Waals surface area contributed by atoms with E-state index in [1.165, 1.54) is 6.33 Å². The van der Waals surface area contributed by atoms with Crippen LogP contribution >= 0.6 is 0 Å². The number of H-pyrrole nitrogens is 1. The summed E-state index contributed by atoms with van der Waals surface area (Å²) in [6.07, 6.45) is 9.05. The number of piperidine rings is 1. The van der Waals surface area contributed by atoms with Gasteiger partial charge in [-0.2, -0.15) is 10.1 Å². The number of carbonyl (C=O) groups is 1. The van der Waals surface area contributed by atoms with E-state index < -0.39 is 0 Å². The van der Waals surface area contributed by atoms with Crippen molar-refractivity contribution in [2.75, 3.05) is 18.4 Å². The number of hydrogen-bond acceptors (Lipinski definition) is 6. The van der Waals surface area contributed by atoms with Gasteiger partial charge in [-0.3, -0.25) is 4.79 Å². The minimum absolute atomic E-state index is 0.138. The Labute approximate surface area is 160 Å². The number of rotatable bonds is 3. The molecule has 142 valence electrons. The first-order valence-electron chi connectivity index (χ1n) is 9.33. The first-order chi connectivity index (χ1) is 13.7. The van der Waals surface area contributed by atoms with Crippen LogP contribution in [0.25, 0.3) is 27.8 Å². The average Bonchev–Trinajstić information content (AvgIpc) is 3.34. The zero-order chi connectivity index (χ0) is 19.1. The van der Waals surface area contributed by atoms with E-state index in [1.54, 1.807) is 11.4 Å². The highest BCUT2D eigenvalue weighted by molar-refractivity contribution is 5.93. The maximum atomic E-state index is 11.5. The molecule has 5 rings (SSSR count). The molecule has 1 amide bonds. The smallest absolute Gasteiger partial charge is 0.224 e. The number of amides is 1. The quantitative estimate of drug-likeness (QED) is 0.567. The topological polar surface area (TPSA) is 104 Å². The van der Waals surface area contributed by atoms with Gasteiger partial charge < -0.3 is 15.2 Å². The molecular formula is C19H20N8O. The summed E-state index contributed by atoms with van der Waals surface area (Å²) in [5, 5.41) is 8.55. The Balaban J connectivity index is 1.37. The van der Waals surface area contributed by atoms with Crippen LogP contribution in [0.1, 0.15) is 19.8 Å². The average molecular weight is 376 g/mol. The molecule has 4 aromatic heterocycles. The maximum absolute atomic E-state index is 11.5. The lowest BCUT2D eigenvalue weighted by atomic mass is 10.1. The second-order valence-corrected chi connectivity index (χ2v) is 7.06. The van der Waals surface area contributed by atoms with Crippen molar-refractivity contribution in [3.05, 3.63) is 37.1 Å². The molecule has 0 atom stereocenters. The fourth-order valence-corrected chi connectivity index (χ4v) is 3.71. The summed E-state index contributed by atoms with van der Waals surface area (Å²) in [6.45, 7) is 3.16. The van der Waals surface area contributed by atoms with Gasteiger partial charge in [0.05, 0.1) is 0 Å². The molecule has 0 aliphatic carbocycles. The van der Waals surface area contributed by atoms with Crippen LogP contribution in [-0.4, -0.2) is 59.5 Å². The highest BCUT2D eigenvalue weighted by atomic mass is 16.2. The van der Waals surface area contributed by atoms with Gasteiger partial charge >= 0.3 is 0 Å². The molecule has 4 aromatic rings. The third-order valence-electron chi connectivity index (χ3n) is 5.29. The predicted molar refractivity (Wildman–Crippen MR) is 105 cm³/mol. The van der Waals surface area contributed by atoms with Gasteiger partial charge in [-0.05, 0) is 25.0 Å². The number of aromatic amines is 1. The van der Waals surface area contributed by atoms with Crippen molar-refractivity contribution in [3.8, 4) is 11.1 Å². The van der Waals surface area contributed by atoms with Crippen molar-refractivity contribution in [2.45, 2.75) is 25.8 Å².